The van der Waals surface area contributed by atoms with Crippen molar-refractivity contribution in [2.24, 2.45) is 0 Å². The Morgan fingerprint density at radius 1 is 1.19 bits per heavy atom. The van der Waals surface area contributed by atoms with Crippen LogP contribution in [0.5, 0.6) is 17.2 Å². The highest BCUT2D eigenvalue weighted by atomic mass is 19.1. The van der Waals surface area contributed by atoms with Crippen molar-refractivity contribution in [1.29, 1.82) is 0 Å². The summed E-state index contributed by atoms with van der Waals surface area (Å²) in [4.78, 5) is 0. The molecule has 4 nitrogen and oxygen atoms in total. The zero-order chi connectivity index (χ0) is 15.2. The molecule has 0 saturated carbocycles. The van der Waals surface area contributed by atoms with Gasteiger partial charge in [0.25, 0.3) is 0 Å². The van der Waals surface area contributed by atoms with Crippen molar-refractivity contribution in [2.75, 3.05) is 19.0 Å². The van der Waals surface area contributed by atoms with Crippen LogP contribution in [0.4, 0.5) is 10.1 Å². The van der Waals surface area contributed by atoms with Gasteiger partial charge in [0.2, 0.25) is 0 Å². The molecular weight excluding hydrogens is 273 g/mol. The van der Waals surface area contributed by atoms with E-state index in [0.29, 0.717) is 30.2 Å². The molecule has 0 unspecified atom stereocenters. The standard InChI is InChI=1S/C16H18FNO3/c1-3-21-14-6-4-5-11(16(14)19)10-18-12-7-8-13(17)15(9-12)20-2/h4-9,18-19H,3,10H2,1-2H3. The van der Waals surface area contributed by atoms with Crippen molar-refractivity contribution in [3.8, 4) is 17.2 Å². The van der Waals surface area contributed by atoms with Gasteiger partial charge < -0.3 is 19.9 Å². The van der Waals surface area contributed by atoms with E-state index in [1.54, 1.807) is 24.3 Å². The number of anilines is 1. The van der Waals surface area contributed by atoms with Gasteiger partial charge in [-0.1, -0.05) is 12.1 Å². The molecule has 0 amide bonds. The number of phenols is 1. The average Bonchev–Trinajstić information content (AvgIpc) is 2.49. The van der Waals surface area contributed by atoms with Gasteiger partial charge in [-0.3, -0.25) is 0 Å². The zero-order valence-electron chi connectivity index (χ0n) is 12.0. The van der Waals surface area contributed by atoms with Gasteiger partial charge in [0.05, 0.1) is 13.7 Å². The first kappa shape index (κ1) is 15.0. The quantitative estimate of drug-likeness (QED) is 0.854. The van der Waals surface area contributed by atoms with Crippen LogP contribution < -0.4 is 14.8 Å². The molecule has 0 aliphatic heterocycles. The van der Waals surface area contributed by atoms with E-state index in [2.05, 4.69) is 5.32 Å². The summed E-state index contributed by atoms with van der Waals surface area (Å²) >= 11 is 0. The fraction of sp³-hybridized carbons (Fsp3) is 0.250. The van der Waals surface area contributed by atoms with Crippen molar-refractivity contribution in [2.45, 2.75) is 13.5 Å². The van der Waals surface area contributed by atoms with E-state index in [9.17, 15) is 9.50 Å². The summed E-state index contributed by atoms with van der Waals surface area (Å²) in [5, 5.41) is 13.2. The predicted octanol–water partition coefficient (Wildman–Crippen LogP) is 3.55. The first-order valence-electron chi connectivity index (χ1n) is 6.66. The van der Waals surface area contributed by atoms with Crippen LogP contribution in [-0.4, -0.2) is 18.8 Å². The van der Waals surface area contributed by atoms with Crippen LogP contribution in [-0.2, 0) is 6.54 Å². The van der Waals surface area contributed by atoms with E-state index in [1.807, 2.05) is 13.0 Å². The first-order chi connectivity index (χ1) is 10.2. The fourth-order valence-corrected chi connectivity index (χ4v) is 1.95. The lowest BCUT2D eigenvalue weighted by atomic mass is 10.1. The molecule has 2 N–H and O–H groups in total. The Morgan fingerprint density at radius 3 is 2.71 bits per heavy atom. The fourth-order valence-electron chi connectivity index (χ4n) is 1.95. The average molecular weight is 291 g/mol. The molecule has 5 heteroatoms. The number of nitrogens with one attached hydrogen (secondary N) is 1. The lowest BCUT2D eigenvalue weighted by molar-refractivity contribution is 0.317. The molecular formula is C16H18FNO3. The third kappa shape index (κ3) is 3.56. The Labute approximate surface area is 123 Å². The minimum Gasteiger partial charge on any atom is -0.504 e. The van der Waals surface area contributed by atoms with Crippen molar-refractivity contribution < 1.29 is 19.0 Å². The monoisotopic (exact) mass is 291 g/mol. The van der Waals surface area contributed by atoms with Gasteiger partial charge in [-0.25, -0.2) is 4.39 Å². The summed E-state index contributed by atoms with van der Waals surface area (Å²) in [7, 11) is 1.42. The maximum atomic E-state index is 13.3. The maximum absolute atomic E-state index is 13.3. The van der Waals surface area contributed by atoms with E-state index >= 15 is 0 Å². The molecule has 0 aromatic heterocycles. The number of methoxy groups -OCH3 is 1. The van der Waals surface area contributed by atoms with Gasteiger partial charge in [0, 0.05) is 23.9 Å². The minimum absolute atomic E-state index is 0.112. The zero-order valence-corrected chi connectivity index (χ0v) is 12.0. The van der Waals surface area contributed by atoms with E-state index < -0.39 is 5.82 Å². The Morgan fingerprint density at radius 2 is 2.00 bits per heavy atom. The van der Waals surface area contributed by atoms with Crippen LogP contribution in [0.15, 0.2) is 36.4 Å². The van der Waals surface area contributed by atoms with Crippen LogP contribution in [0.3, 0.4) is 0 Å². The SMILES string of the molecule is CCOc1cccc(CNc2ccc(F)c(OC)c2)c1O. The Kier molecular flexibility index (Phi) is 4.87. The highest BCUT2D eigenvalue weighted by molar-refractivity contribution is 5.51. The van der Waals surface area contributed by atoms with Crippen molar-refractivity contribution >= 4 is 5.69 Å². The molecule has 0 atom stereocenters. The summed E-state index contributed by atoms with van der Waals surface area (Å²) in [5.41, 5.74) is 1.40. The van der Waals surface area contributed by atoms with E-state index in [-0.39, 0.29) is 11.5 Å². The number of ether oxygens (including phenoxy) is 2. The summed E-state index contributed by atoms with van der Waals surface area (Å²) in [6.45, 7) is 2.73. The topological polar surface area (TPSA) is 50.7 Å². The third-order valence-corrected chi connectivity index (χ3v) is 3.02. The van der Waals surface area contributed by atoms with E-state index in [1.165, 1.54) is 13.2 Å². The normalized spacial score (nSPS) is 10.2. The smallest absolute Gasteiger partial charge is 0.165 e. The van der Waals surface area contributed by atoms with E-state index in [4.69, 9.17) is 9.47 Å². The van der Waals surface area contributed by atoms with Crippen molar-refractivity contribution in [1.82, 2.24) is 0 Å². The number of benzene rings is 2. The molecule has 0 radical (unpaired) electrons. The number of phenolic OH excluding ortho intramolecular Hbond substituents is 1. The summed E-state index contributed by atoms with van der Waals surface area (Å²) < 4.78 is 23.6. The summed E-state index contributed by atoms with van der Waals surface area (Å²) in [6, 6.07) is 9.83. The van der Waals surface area contributed by atoms with Crippen LogP contribution in [0, 0.1) is 5.82 Å². The van der Waals surface area contributed by atoms with Gasteiger partial charge in [0.15, 0.2) is 23.1 Å². The van der Waals surface area contributed by atoms with Gasteiger partial charge in [-0.15, -0.1) is 0 Å². The van der Waals surface area contributed by atoms with Crippen LogP contribution >= 0.6 is 0 Å². The second kappa shape index (κ2) is 6.83. The molecule has 0 fully saturated rings. The molecule has 0 aliphatic rings. The Balaban J connectivity index is 2.11. The van der Waals surface area contributed by atoms with E-state index in [0.717, 1.165) is 0 Å². The van der Waals surface area contributed by atoms with Gasteiger partial charge >= 0.3 is 0 Å². The number of halogens is 1. The highest BCUT2D eigenvalue weighted by Crippen LogP contribution is 2.30. The second-order valence-electron chi connectivity index (χ2n) is 4.40. The largest absolute Gasteiger partial charge is 0.504 e. The van der Waals surface area contributed by atoms with Crippen LogP contribution in [0.1, 0.15) is 12.5 Å². The Hall–Kier alpha value is -2.43. The molecule has 112 valence electrons. The van der Waals surface area contributed by atoms with Gasteiger partial charge in [-0.2, -0.15) is 0 Å². The number of hydrogen-bond donors (Lipinski definition) is 2. The van der Waals surface area contributed by atoms with Gasteiger partial charge in [0.1, 0.15) is 0 Å². The molecule has 0 heterocycles. The molecule has 21 heavy (non-hydrogen) atoms. The minimum atomic E-state index is -0.413. The third-order valence-electron chi connectivity index (χ3n) is 3.02. The molecule has 0 spiro atoms. The predicted molar refractivity (Wildman–Crippen MR) is 79.6 cm³/mol. The molecule has 2 aromatic rings. The van der Waals surface area contributed by atoms with Crippen molar-refractivity contribution in [3.05, 3.63) is 47.8 Å². The maximum Gasteiger partial charge on any atom is 0.165 e. The van der Waals surface area contributed by atoms with Crippen LogP contribution in [0.2, 0.25) is 0 Å². The molecule has 0 saturated heterocycles. The summed E-state index contributed by atoms with van der Waals surface area (Å²) in [5.74, 6) is 0.325. The second-order valence-corrected chi connectivity index (χ2v) is 4.40. The first-order valence-corrected chi connectivity index (χ1v) is 6.66. The molecule has 0 bridgehead atoms. The number of para-hydroxylation sites is 1. The van der Waals surface area contributed by atoms with Crippen LogP contribution in [0.25, 0.3) is 0 Å². The Bertz CT molecular complexity index is 616. The lowest BCUT2D eigenvalue weighted by Gasteiger charge is -2.12. The van der Waals surface area contributed by atoms with Gasteiger partial charge in [-0.05, 0) is 25.1 Å². The molecule has 2 aromatic carbocycles. The summed E-state index contributed by atoms with van der Waals surface area (Å²) in [6.07, 6.45) is 0. The lowest BCUT2D eigenvalue weighted by Crippen LogP contribution is -2.02. The number of rotatable bonds is 6. The number of hydrogen-bond acceptors (Lipinski definition) is 4. The number of aromatic hydroxyl groups is 1. The highest BCUT2D eigenvalue weighted by Gasteiger charge is 2.08. The van der Waals surface area contributed by atoms with Crippen molar-refractivity contribution in [3.63, 3.8) is 0 Å². The molecule has 0 aliphatic carbocycles. The molecule has 2 rings (SSSR count).